The van der Waals surface area contributed by atoms with Crippen LogP contribution < -0.4 is 9.64 Å². The van der Waals surface area contributed by atoms with Crippen molar-refractivity contribution in [3.05, 3.63) is 59.9 Å². The van der Waals surface area contributed by atoms with Crippen molar-refractivity contribution in [2.24, 2.45) is 0 Å². The lowest BCUT2D eigenvalue weighted by Crippen LogP contribution is -2.50. The van der Waals surface area contributed by atoms with Crippen molar-refractivity contribution in [2.75, 3.05) is 44.8 Å². The molecule has 0 aliphatic carbocycles. The Kier molecular flexibility index (Phi) is 7.05. The van der Waals surface area contributed by atoms with Gasteiger partial charge in [0.2, 0.25) is 0 Å². The lowest BCUT2D eigenvalue weighted by molar-refractivity contribution is -0.152. The number of nitrogens with zero attached hydrogens (tertiary/aromatic N) is 2. The number of ether oxygens (including phenoxy) is 2. The Morgan fingerprint density at radius 1 is 1.00 bits per heavy atom. The maximum Gasteiger partial charge on any atom is 0.306 e. The molecule has 2 aromatic carbocycles. The molecule has 29 heavy (non-hydrogen) atoms. The molecule has 6 nitrogen and oxygen atoms in total. The summed E-state index contributed by atoms with van der Waals surface area (Å²) in [6.45, 7) is 2.24. The number of hydrogen-bond acceptors (Lipinski definition) is 5. The molecule has 0 atom stereocenters. The fraction of sp³-hybridized carbons (Fsp3) is 0.364. The number of piperazine rings is 1. The van der Waals surface area contributed by atoms with Gasteiger partial charge >= 0.3 is 5.97 Å². The molecule has 1 amide bonds. The quantitative estimate of drug-likeness (QED) is 0.669. The highest BCUT2D eigenvalue weighted by atomic mass is 19.1. The Bertz CT molecular complexity index is 833. The minimum Gasteiger partial charge on any atom is -0.495 e. The number of rotatable bonds is 7. The van der Waals surface area contributed by atoms with E-state index in [9.17, 15) is 14.0 Å². The summed E-state index contributed by atoms with van der Waals surface area (Å²) in [7, 11) is 1.64. The first-order valence-corrected chi connectivity index (χ1v) is 9.62. The molecule has 1 aliphatic rings. The lowest BCUT2D eigenvalue weighted by Gasteiger charge is -2.36. The van der Waals surface area contributed by atoms with Crippen LogP contribution in [0.5, 0.6) is 5.75 Å². The maximum absolute atomic E-state index is 12.9. The van der Waals surface area contributed by atoms with Crippen LogP contribution in [0.3, 0.4) is 0 Å². The summed E-state index contributed by atoms with van der Waals surface area (Å²) in [4.78, 5) is 28.1. The number of carbonyl (C=O) groups excluding carboxylic acids is 2. The highest BCUT2D eigenvalue weighted by molar-refractivity contribution is 5.81. The molecule has 0 radical (unpaired) electrons. The van der Waals surface area contributed by atoms with Crippen LogP contribution in [0.25, 0.3) is 0 Å². The van der Waals surface area contributed by atoms with E-state index in [1.165, 1.54) is 12.1 Å². The predicted molar refractivity (Wildman–Crippen MR) is 107 cm³/mol. The molecule has 2 aromatic rings. The molecular formula is C22H25FN2O4. The van der Waals surface area contributed by atoms with Crippen LogP contribution in [0, 0.1) is 5.82 Å². The Hall–Kier alpha value is -3.09. The largest absolute Gasteiger partial charge is 0.495 e. The Labute approximate surface area is 169 Å². The second-order valence-electron chi connectivity index (χ2n) is 6.83. The number of benzene rings is 2. The molecule has 1 heterocycles. The Morgan fingerprint density at radius 2 is 1.69 bits per heavy atom. The van der Waals surface area contributed by atoms with Gasteiger partial charge in [0.05, 0.1) is 12.8 Å². The van der Waals surface area contributed by atoms with E-state index in [2.05, 4.69) is 4.90 Å². The Balaban J connectivity index is 1.40. The first-order chi connectivity index (χ1) is 14.1. The summed E-state index contributed by atoms with van der Waals surface area (Å²) >= 11 is 0. The lowest BCUT2D eigenvalue weighted by atomic mass is 10.1. The average Bonchev–Trinajstić information content (AvgIpc) is 2.77. The molecule has 7 heteroatoms. The molecule has 0 aromatic heterocycles. The number of carbonyl (C=O) groups is 2. The fourth-order valence-electron chi connectivity index (χ4n) is 3.29. The van der Waals surface area contributed by atoms with Crippen LogP contribution in [-0.2, 0) is 20.7 Å². The molecule has 1 saturated heterocycles. The summed E-state index contributed by atoms with van der Waals surface area (Å²) in [6.07, 6.45) is 0.603. The van der Waals surface area contributed by atoms with E-state index in [1.807, 2.05) is 24.3 Å². The zero-order valence-electron chi connectivity index (χ0n) is 16.5. The van der Waals surface area contributed by atoms with Gasteiger partial charge in [0, 0.05) is 32.6 Å². The van der Waals surface area contributed by atoms with E-state index in [-0.39, 0.29) is 24.8 Å². The van der Waals surface area contributed by atoms with E-state index in [0.29, 0.717) is 32.6 Å². The number of hydrogen-bond donors (Lipinski definition) is 0. The van der Waals surface area contributed by atoms with Crippen molar-refractivity contribution >= 4 is 17.6 Å². The number of esters is 1. The molecule has 1 aliphatic heterocycles. The van der Waals surface area contributed by atoms with E-state index in [1.54, 1.807) is 24.1 Å². The third-order valence-corrected chi connectivity index (χ3v) is 4.95. The number of aryl methyl sites for hydroxylation is 1. The molecule has 0 unspecified atom stereocenters. The second-order valence-corrected chi connectivity index (χ2v) is 6.83. The summed E-state index contributed by atoms with van der Waals surface area (Å²) in [6, 6.07) is 13.8. The van der Waals surface area contributed by atoms with Crippen molar-refractivity contribution in [1.82, 2.24) is 4.90 Å². The van der Waals surface area contributed by atoms with Gasteiger partial charge in [-0.15, -0.1) is 0 Å². The van der Waals surface area contributed by atoms with Crippen LogP contribution in [-0.4, -0.2) is 56.7 Å². The van der Waals surface area contributed by atoms with Gasteiger partial charge in [-0.1, -0.05) is 24.3 Å². The van der Waals surface area contributed by atoms with Gasteiger partial charge in [-0.3, -0.25) is 9.59 Å². The van der Waals surface area contributed by atoms with Gasteiger partial charge in [-0.2, -0.15) is 0 Å². The van der Waals surface area contributed by atoms with Gasteiger partial charge in [-0.25, -0.2) is 4.39 Å². The van der Waals surface area contributed by atoms with Crippen molar-refractivity contribution in [2.45, 2.75) is 12.8 Å². The topological polar surface area (TPSA) is 59.1 Å². The van der Waals surface area contributed by atoms with Gasteiger partial charge < -0.3 is 19.3 Å². The SMILES string of the molecule is COc1ccccc1N1CCN(C(=O)COC(=O)CCc2ccc(F)cc2)CC1. The summed E-state index contributed by atoms with van der Waals surface area (Å²) in [5, 5.41) is 0. The van der Waals surface area contributed by atoms with E-state index in [4.69, 9.17) is 9.47 Å². The second kappa shape index (κ2) is 9.91. The normalized spacial score (nSPS) is 13.9. The molecule has 0 N–H and O–H groups in total. The third-order valence-electron chi connectivity index (χ3n) is 4.95. The predicted octanol–water partition coefficient (Wildman–Crippen LogP) is 2.66. The number of amides is 1. The van der Waals surface area contributed by atoms with Gasteiger partial charge in [0.1, 0.15) is 11.6 Å². The molecule has 0 bridgehead atoms. The monoisotopic (exact) mass is 400 g/mol. The first-order valence-electron chi connectivity index (χ1n) is 9.62. The van der Waals surface area contributed by atoms with Crippen LogP contribution >= 0.6 is 0 Å². The minimum absolute atomic E-state index is 0.153. The highest BCUT2D eigenvalue weighted by Crippen LogP contribution is 2.28. The van der Waals surface area contributed by atoms with Crippen LogP contribution in [0.15, 0.2) is 48.5 Å². The Morgan fingerprint density at radius 3 is 2.38 bits per heavy atom. The van der Waals surface area contributed by atoms with Gasteiger partial charge in [0.15, 0.2) is 6.61 Å². The zero-order chi connectivity index (χ0) is 20.6. The van der Waals surface area contributed by atoms with E-state index < -0.39 is 5.97 Å². The minimum atomic E-state index is -0.435. The fourth-order valence-corrected chi connectivity index (χ4v) is 3.29. The molecular weight excluding hydrogens is 375 g/mol. The first kappa shape index (κ1) is 20.6. The van der Waals surface area contributed by atoms with Crippen molar-refractivity contribution in [3.63, 3.8) is 0 Å². The van der Waals surface area contributed by atoms with Gasteiger partial charge in [-0.05, 0) is 36.2 Å². The smallest absolute Gasteiger partial charge is 0.306 e. The standard InChI is InChI=1S/C22H25FN2O4/c1-28-20-5-3-2-4-19(20)24-12-14-25(15-13-24)21(26)16-29-22(27)11-8-17-6-9-18(23)10-7-17/h2-7,9-10H,8,11-16H2,1H3. The molecule has 0 spiro atoms. The number of methoxy groups -OCH3 is 1. The summed E-state index contributed by atoms with van der Waals surface area (Å²) in [5.41, 5.74) is 1.86. The van der Waals surface area contributed by atoms with Crippen LogP contribution in [0.2, 0.25) is 0 Å². The zero-order valence-corrected chi connectivity index (χ0v) is 16.5. The summed E-state index contributed by atoms with van der Waals surface area (Å²) in [5.74, 6) is -0.134. The van der Waals surface area contributed by atoms with Crippen molar-refractivity contribution in [1.29, 1.82) is 0 Å². The molecule has 154 valence electrons. The number of anilines is 1. The molecule has 0 saturated carbocycles. The average molecular weight is 400 g/mol. The maximum atomic E-state index is 12.9. The summed E-state index contributed by atoms with van der Waals surface area (Å²) < 4.78 is 23.4. The molecule has 3 rings (SSSR count). The number of halogens is 1. The third kappa shape index (κ3) is 5.70. The van der Waals surface area contributed by atoms with Crippen LogP contribution in [0.1, 0.15) is 12.0 Å². The molecule has 1 fully saturated rings. The van der Waals surface area contributed by atoms with Gasteiger partial charge in [0.25, 0.3) is 5.91 Å². The number of para-hydroxylation sites is 2. The van der Waals surface area contributed by atoms with Crippen molar-refractivity contribution in [3.8, 4) is 5.75 Å². The van der Waals surface area contributed by atoms with Crippen LogP contribution in [0.4, 0.5) is 10.1 Å². The van der Waals surface area contributed by atoms with E-state index >= 15 is 0 Å². The highest BCUT2D eigenvalue weighted by Gasteiger charge is 2.23. The van der Waals surface area contributed by atoms with E-state index in [0.717, 1.165) is 17.0 Å². The van der Waals surface area contributed by atoms with Crippen molar-refractivity contribution < 1.29 is 23.5 Å².